The molecule has 6 aromatic heterocycles. The Bertz CT molecular complexity index is 4070. The molecule has 4 aromatic carbocycles. The Morgan fingerprint density at radius 1 is 0.625 bits per heavy atom. The summed E-state index contributed by atoms with van der Waals surface area (Å²) >= 11 is 0. The van der Waals surface area contributed by atoms with E-state index in [0.717, 1.165) is 39.1 Å². The zero-order valence-electron chi connectivity index (χ0n) is 44.5. The first-order chi connectivity index (χ1) is 38.9. The van der Waals surface area contributed by atoms with E-state index in [0.29, 0.717) is 120 Å². The Hall–Kier alpha value is -10.3. The Morgan fingerprint density at radius 2 is 1.15 bits per heavy atom. The van der Waals surface area contributed by atoms with Gasteiger partial charge in [0.05, 0.1) is 30.0 Å². The predicted octanol–water partition coefficient (Wildman–Crippen LogP) is 7.38. The van der Waals surface area contributed by atoms with Crippen LogP contribution in [-0.2, 0) is 23.2 Å². The average molecular weight is 1070 g/mol. The van der Waals surface area contributed by atoms with E-state index in [9.17, 15) is 9.59 Å². The van der Waals surface area contributed by atoms with Crippen LogP contribution in [0.1, 0.15) is 25.0 Å². The zero-order chi connectivity index (χ0) is 55.0. The monoisotopic (exact) mass is 1070 g/mol. The maximum atomic E-state index is 13.5. The molecule has 2 aliphatic rings. The van der Waals surface area contributed by atoms with Crippen LogP contribution in [0.4, 0.5) is 34.9 Å². The lowest BCUT2D eigenvalue weighted by molar-refractivity contribution is -0.127. The number of rotatable bonds is 14. The van der Waals surface area contributed by atoms with Gasteiger partial charge in [0.1, 0.15) is 68.8 Å². The number of hydrogen-bond donors (Lipinski definition) is 2. The molecule has 2 atom stereocenters. The van der Waals surface area contributed by atoms with Crippen molar-refractivity contribution in [2.75, 3.05) is 59.7 Å². The maximum absolute atomic E-state index is 13.5. The number of ether oxygens (including phenoxy) is 2. The van der Waals surface area contributed by atoms with Crippen LogP contribution < -0.4 is 29.9 Å². The quantitative estimate of drug-likeness (QED) is 0.101. The molecule has 2 saturated heterocycles. The van der Waals surface area contributed by atoms with Crippen LogP contribution >= 0.6 is 0 Å². The number of aromatic nitrogens is 14. The number of hydrogen-bond acceptors (Lipinski definition) is 20. The number of benzene rings is 4. The summed E-state index contributed by atoms with van der Waals surface area (Å²) in [7, 11) is 1.85. The number of aryl methyl sites for hydroxylation is 3. The highest BCUT2D eigenvalue weighted by Gasteiger charge is 2.30. The second-order valence-electron chi connectivity index (χ2n) is 19.7. The predicted molar refractivity (Wildman–Crippen MR) is 301 cm³/mol. The highest BCUT2D eigenvalue weighted by molar-refractivity contribution is 5.90. The topological polar surface area (TPSA) is 254 Å². The van der Waals surface area contributed by atoms with Crippen molar-refractivity contribution >= 4 is 90.9 Å². The number of carbonyl (C=O) groups is 2. The van der Waals surface area contributed by atoms with Gasteiger partial charge in [-0.2, -0.15) is 0 Å². The van der Waals surface area contributed by atoms with E-state index in [-0.39, 0.29) is 23.9 Å². The molecule has 2 aliphatic heterocycles. The highest BCUT2D eigenvalue weighted by atomic mass is 16.5. The van der Waals surface area contributed by atoms with Crippen molar-refractivity contribution in [3.8, 4) is 23.0 Å². The number of nitrogens with one attached hydrogen (secondary N) is 2. The van der Waals surface area contributed by atoms with Gasteiger partial charge in [-0.05, 0) is 106 Å². The lowest BCUT2D eigenvalue weighted by Gasteiger charge is -2.39. The van der Waals surface area contributed by atoms with Crippen molar-refractivity contribution in [1.29, 1.82) is 0 Å². The molecular weight excluding hydrogens is 1020 g/mol. The molecule has 0 radical (unpaired) electrons. The van der Waals surface area contributed by atoms with E-state index < -0.39 is 0 Å². The number of carbonyl (C=O) groups excluding carboxylic acids is 2. The molecule has 80 heavy (non-hydrogen) atoms. The minimum atomic E-state index is -0.0983. The van der Waals surface area contributed by atoms with Crippen LogP contribution in [0, 0.1) is 13.8 Å². The fraction of sp³-hybridized carbons (Fsp3) is 0.250. The van der Waals surface area contributed by atoms with E-state index in [1.54, 1.807) is 38.8 Å². The van der Waals surface area contributed by atoms with Crippen molar-refractivity contribution < 1.29 is 19.1 Å². The van der Waals surface area contributed by atoms with Gasteiger partial charge in [0.15, 0.2) is 11.6 Å². The Kier molecular flexibility index (Phi) is 13.4. The summed E-state index contributed by atoms with van der Waals surface area (Å²) in [6.45, 7) is 15.2. The van der Waals surface area contributed by atoms with Crippen molar-refractivity contribution in [2.45, 2.75) is 46.3 Å². The van der Waals surface area contributed by atoms with Gasteiger partial charge in [-0.25, -0.2) is 49.2 Å². The molecule has 0 aliphatic carbocycles. The third-order valence-corrected chi connectivity index (χ3v) is 14.2. The molecule has 0 bridgehead atoms. The van der Waals surface area contributed by atoms with Crippen LogP contribution in [0.25, 0.3) is 44.1 Å². The summed E-state index contributed by atoms with van der Waals surface area (Å²) in [6, 6.07) is 22.8. The van der Waals surface area contributed by atoms with Gasteiger partial charge in [0.2, 0.25) is 23.7 Å². The SMILES string of the molecule is C=CC(=O)N1CCN(c2ncc3ncnc(Nc4ccc(Oc5ccc6c(c5)nnn6C/C=C/C(=O)N5CCN(c6ncc7ncnc(Nc8ccc(Oc9ccc%10c(c9)nnn%10C)c(C)c8)c7n6)[C@@H](C)C5)c(C)c4)c3n2)[C@H](C)C1. The molecular formula is C56H54N20O4. The van der Waals surface area contributed by atoms with E-state index >= 15 is 0 Å². The summed E-state index contributed by atoms with van der Waals surface area (Å²) < 4.78 is 16.0. The second kappa shape index (κ2) is 21.3. The Labute approximate surface area is 457 Å². The number of allylic oxidation sites excluding steroid dienone is 1. The largest absolute Gasteiger partial charge is 0.457 e. The fourth-order valence-corrected chi connectivity index (χ4v) is 9.99. The van der Waals surface area contributed by atoms with Crippen LogP contribution in [0.2, 0.25) is 0 Å². The molecule has 0 unspecified atom stereocenters. The molecule has 10 aromatic rings. The number of amides is 2. The molecule has 2 N–H and O–H groups in total. The van der Waals surface area contributed by atoms with E-state index in [1.165, 1.54) is 18.7 Å². The van der Waals surface area contributed by atoms with Gasteiger partial charge >= 0.3 is 0 Å². The second-order valence-corrected chi connectivity index (χ2v) is 19.7. The lowest BCUT2D eigenvalue weighted by Crippen LogP contribution is -2.54. The van der Waals surface area contributed by atoms with Gasteiger partial charge in [-0.3, -0.25) is 9.59 Å². The van der Waals surface area contributed by atoms with Crippen LogP contribution in [0.3, 0.4) is 0 Å². The third kappa shape index (κ3) is 10.2. The van der Waals surface area contributed by atoms with Crippen molar-refractivity contribution in [3.63, 3.8) is 0 Å². The molecule has 0 saturated carbocycles. The minimum absolute atomic E-state index is 0.000589. The molecule has 12 rings (SSSR count). The first-order valence-corrected chi connectivity index (χ1v) is 26.0. The molecule has 2 fully saturated rings. The molecule has 8 heterocycles. The smallest absolute Gasteiger partial charge is 0.246 e. The fourth-order valence-electron chi connectivity index (χ4n) is 9.99. The van der Waals surface area contributed by atoms with Crippen molar-refractivity contribution in [2.24, 2.45) is 7.05 Å². The maximum Gasteiger partial charge on any atom is 0.246 e. The summed E-state index contributed by atoms with van der Waals surface area (Å²) in [4.78, 5) is 70.5. The normalized spacial score (nSPS) is 15.8. The Balaban J connectivity index is 0.644. The van der Waals surface area contributed by atoms with E-state index in [1.807, 2.05) is 106 Å². The first kappa shape index (κ1) is 50.6. The van der Waals surface area contributed by atoms with Crippen molar-refractivity contribution in [1.82, 2.24) is 79.7 Å². The van der Waals surface area contributed by atoms with Crippen molar-refractivity contribution in [3.05, 3.63) is 134 Å². The number of nitrogens with zero attached hydrogens (tertiary/aromatic N) is 18. The first-order valence-electron chi connectivity index (χ1n) is 26.0. The molecule has 0 spiro atoms. The van der Waals surface area contributed by atoms with E-state index in [4.69, 9.17) is 19.4 Å². The third-order valence-electron chi connectivity index (χ3n) is 14.2. The lowest BCUT2D eigenvalue weighted by atomic mass is 10.2. The summed E-state index contributed by atoms with van der Waals surface area (Å²) in [5, 5.41) is 23.9. The Morgan fingerprint density at radius 3 is 1.69 bits per heavy atom. The average Bonchev–Trinajstić information content (AvgIpc) is 4.06. The van der Waals surface area contributed by atoms with Crippen LogP contribution in [0.5, 0.6) is 23.0 Å². The van der Waals surface area contributed by atoms with Gasteiger partial charge in [-0.15, -0.1) is 10.2 Å². The summed E-state index contributed by atoms with van der Waals surface area (Å²) in [5.74, 6) is 4.59. The van der Waals surface area contributed by atoms with Gasteiger partial charge in [0, 0.05) is 88.0 Å². The summed E-state index contributed by atoms with van der Waals surface area (Å²) in [6.07, 6.45) is 11.1. The van der Waals surface area contributed by atoms with E-state index in [2.05, 4.69) is 84.5 Å². The zero-order valence-corrected chi connectivity index (χ0v) is 44.5. The number of piperazine rings is 2. The highest BCUT2D eigenvalue weighted by Crippen LogP contribution is 2.34. The summed E-state index contributed by atoms with van der Waals surface area (Å²) in [5.41, 5.74) is 8.85. The molecule has 24 nitrogen and oxygen atoms in total. The van der Waals surface area contributed by atoms with Gasteiger partial charge in [-0.1, -0.05) is 23.1 Å². The standard InChI is InChI=1S/C56H54N20O4/c1-7-49(77)72-19-21-74(35(4)29-72)55-57-27-43-51(65-55)53(61-31-59-43)64-38-11-17-48(34(3)24-38)80-40-13-15-46-42(26-40)68-70-76(46)18-8-9-50(78)73-20-22-75(36(5)30-73)56-58-28-44-52(66-56)54(62-32-60-44)63-37-10-16-47(33(2)23-37)79-39-12-14-45-41(25-39)67-69-71(45)6/h7-17,23-28,31-32,35-36H,1,18-22,29-30H2,2-6H3,(H,59,61,64)(H,60,62,63)/b9-8+/t35-,36+/m1/s1. The molecule has 2 amide bonds. The van der Waals surface area contributed by atoms with Crippen LogP contribution in [-0.4, -0.2) is 143 Å². The van der Waals surface area contributed by atoms with Gasteiger partial charge < -0.3 is 39.7 Å². The number of fused-ring (bicyclic) bond motifs is 4. The molecule has 24 heteroatoms. The number of anilines is 6. The minimum Gasteiger partial charge on any atom is -0.457 e. The van der Waals surface area contributed by atoms with Gasteiger partial charge in [0.25, 0.3) is 0 Å². The van der Waals surface area contributed by atoms with Crippen LogP contribution in [0.15, 0.2) is 123 Å². The molecule has 402 valence electrons.